The Morgan fingerprint density at radius 1 is 1.36 bits per heavy atom. The zero-order valence-corrected chi connectivity index (χ0v) is 12.3. The zero-order chi connectivity index (χ0) is 15.4. The number of ether oxygens (including phenoxy) is 1. The molecule has 0 spiro atoms. The van der Waals surface area contributed by atoms with Crippen LogP contribution in [0, 0.1) is 0 Å². The first-order valence-corrected chi connectivity index (χ1v) is 7.06. The minimum atomic E-state index is -0.297. The van der Waals surface area contributed by atoms with Crippen LogP contribution in [-0.2, 0) is 4.79 Å². The van der Waals surface area contributed by atoms with E-state index in [1.54, 1.807) is 13.3 Å². The number of anilines is 1. The third-order valence-corrected chi connectivity index (χ3v) is 3.53. The van der Waals surface area contributed by atoms with Crippen molar-refractivity contribution in [2.45, 2.75) is 6.17 Å². The lowest BCUT2D eigenvalue weighted by Gasteiger charge is -2.28. The number of amides is 1. The van der Waals surface area contributed by atoms with Gasteiger partial charge in [-0.05, 0) is 24.3 Å². The fraction of sp³-hybridized carbons (Fsp3) is 0.176. The molecule has 1 amide bonds. The van der Waals surface area contributed by atoms with Crippen LogP contribution in [0.2, 0.25) is 0 Å². The van der Waals surface area contributed by atoms with Gasteiger partial charge in [0, 0.05) is 19.0 Å². The van der Waals surface area contributed by atoms with Crippen LogP contribution in [0.5, 0.6) is 5.75 Å². The van der Waals surface area contributed by atoms with Crippen LogP contribution in [0.25, 0.3) is 0 Å². The minimum Gasteiger partial charge on any atom is -0.495 e. The number of allylic oxidation sites excluding steroid dienone is 3. The van der Waals surface area contributed by atoms with Gasteiger partial charge in [-0.1, -0.05) is 24.3 Å². The van der Waals surface area contributed by atoms with Gasteiger partial charge in [0.1, 0.15) is 5.75 Å². The number of para-hydroxylation sites is 2. The molecule has 1 unspecified atom stereocenters. The van der Waals surface area contributed by atoms with Gasteiger partial charge in [0.2, 0.25) is 0 Å². The molecule has 0 aliphatic carbocycles. The maximum Gasteiger partial charge on any atom is 0.255 e. The molecule has 1 atom stereocenters. The van der Waals surface area contributed by atoms with Crippen LogP contribution in [0.3, 0.4) is 0 Å². The van der Waals surface area contributed by atoms with Crippen molar-refractivity contribution in [2.24, 2.45) is 4.99 Å². The molecule has 2 heterocycles. The Balaban J connectivity index is 1.84. The summed E-state index contributed by atoms with van der Waals surface area (Å²) in [7, 11) is 1.58. The first-order chi connectivity index (χ1) is 10.8. The van der Waals surface area contributed by atoms with Crippen LogP contribution in [0.15, 0.2) is 65.3 Å². The van der Waals surface area contributed by atoms with Gasteiger partial charge in [0.15, 0.2) is 6.17 Å². The van der Waals surface area contributed by atoms with Gasteiger partial charge in [-0.25, -0.2) is 0 Å². The molecule has 22 heavy (non-hydrogen) atoms. The summed E-state index contributed by atoms with van der Waals surface area (Å²) in [5.41, 5.74) is 1.24. The van der Waals surface area contributed by atoms with Crippen LogP contribution in [0.1, 0.15) is 0 Å². The summed E-state index contributed by atoms with van der Waals surface area (Å²) in [4.78, 5) is 19.1. The first-order valence-electron chi connectivity index (χ1n) is 7.06. The number of fused-ring (bicyclic) bond motifs is 1. The quantitative estimate of drug-likeness (QED) is 0.931. The third kappa shape index (κ3) is 2.79. The third-order valence-electron chi connectivity index (χ3n) is 3.53. The number of hydrogen-bond acceptors (Lipinski definition) is 4. The van der Waals surface area contributed by atoms with Gasteiger partial charge in [-0.15, -0.1) is 0 Å². The van der Waals surface area contributed by atoms with Crippen molar-refractivity contribution in [3.05, 3.63) is 60.3 Å². The molecule has 1 N–H and O–H groups in total. The SMILES string of the molecule is COc1ccccc1NC(=O)C1=CC=CCN2C=CC=NC12. The number of rotatable bonds is 3. The molecule has 2 aliphatic rings. The zero-order valence-electron chi connectivity index (χ0n) is 12.3. The van der Waals surface area contributed by atoms with E-state index in [0.717, 1.165) is 6.54 Å². The van der Waals surface area contributed by atoms with Crippen molar-refractivity contribution in [1.82, 2.24) is 4.90 Å². The summed E-state index contributed by atoms with van der Waals surface area (Å²) in [6, 6.07) is 7.34. The van der Waals surface area contributed by atoms with Crippen molar-refractivity contribution >= 4 is 17.8 Å². The van der Waals surface area contributed by atoms with Crippen LogP contribution >= 0.6 is 0 Å². The minimum absolute atomic E-state index is 0.182. The van der Waals surface area contributed by atoms with Crippen LogP contribution in [0.4, 0.5) is 5.69 Å². The molecule has 0 saturated carbocycles. The van der Waals surface area contributed by atoms with Crippen molar-refractivity contribution in [1.29, 1.82) is 0 Å². The number of carbonyl (C=O) groups is 1. The number of nitrogens with one attached hydrogen (secondary N) is 1. The van der Waals surface area contributed by atoms with Gasteiger partial charge in [-0.3, -0.25) is 9.79 Å². The molecular weight excluding hydrogens is 278 g/mol. The van der Waals surface area contributed by atoms with Crippen LogP contribution in [-0.4, -0.2) is 36.8 Å². The van der Waals surface area contributed by atoms with Crippen molar-refractivity contribution in [3.63, 3.8) is 0 Å². The lowest BCUT2D eigenvalue weighted by molar-refractivity contribution is -0.113. The molecule has 0 bridgehead atoms. The standard InChI is InChI=1S/C17H17N3O2/c1-22-15-9-3-2-8-14(15)19-17(21)13-7-4-5-11-20-12-6-10-18-16(13)20/h2-10,12,16H,11H2,1H3,(H,19,21). The monoisotopic (exact) mass is 295 g/mol. The van der Waals surface area contributed by atoms with Gasteiger partial charge in [-0.2, -0.15) is 0 Å². The maximum absolute atomic E-state index is 12.6. The van der Waals surface area contributed by atoms with Gasteiger partial charge >= 0.3 is 0 Å². The van der Waals surface area contributed by atoms with Gasteiger partial charge in [0.05, 0.1) is 18.4 Å². The number of nitrogens with zero attached hydrogens (tertiary/aromatic N) is 2. The Labute approximate surface area is 129 Å². The molecule has 0 aromatic heterocycles. The lowest BCUT2D eigenvalue weighted by atomic mass is 10.1. The summed E-state index contributed by atoms with van der Waals surface area (Å²) < 4.78 is 5.27. The molecule has 3 rings (SSSR count). The molecule has 2 aliphatic heterocycles. The fourth-order valence-corrected chi connectivity index (χ4v) is 2.44. The van der Waals surface area contributed by atoms with E-state index in [4.69, 9.17) is 4.74 Å². The maximum atomic E-state index is 12.6. The fourth-order valence-electron chi connectivity index (χ4n) is 2.44. The second-order valence-corrected chi connectivity index (χ2v) is 4.91. The Morgan fingerprint density at radius 2 is 2.23 bits per heavy atom. The average Bonchev–Trinajstić information content (AvgIpc) is 2.78. The van der Waals surface area contributed by atoms with Gasteiger partial charge < -0.3 is 15.0 Å². The highest BCUT2D eigenvalue weighted by molar-refractivity contribution is 6.05. The molecule has 112 valence electrons. The number of hydrogen-bond donors (Lipinski definition) is 1. The van der Waals surface area contributed by atoms with E-state index in [0.29, 0.717) is 17.0 Å². The van der Waals surface area contributed by atoms with E-state index >= 15 is 0 Å². The topological polar surface area (TPSA) is 53.9 Å². The average molecular weight is 295 g/mol. The molecule has 0 fully saturated rings. The number of methoxy groups -OCH3 is 1. The van der Waals surface area contributed by atoms with E-state index in [9.17, 15) is 4.79 Å². The number of aliphatic imine (C=N–C) groups is 1. The first kappa shape index (κ1) is 14.1. The Bertz CT molecular complexity index is 689. The number of carbonyl (C=O) groups excluding carboxylic acids is 1. The molecule has 5 heteroatoms. The Kier molecular flexibility index (Phi) is 4.05. The van der Waals surface area contributed by atoms with E-state index in [1.807, 2.05) is 59.7 Å². The van der Waals surface area contributed by atoms with Crippen molar-refractivity contribution < 1.29 is 9.53 Å². The predicted octanol–water partition coefficient (Wildman–Crippen LogP) is 2.36. The largest absolute Gasteiger partial charge is 0.495 e. The van der Waals surface area contributed by atoms with Crippen molar-refractivity contribution in [2.75, 3.05) is 19.0 Å². The van der Waals surface area contributed by atoms with E-state index in [1.165, 1.54) is 0 Å². The summed E-state index contributed by atoms with van der Waals surface area (Å²) in [5, 5.41) is 2.90. The Morgan fingerprint density at radius 3 is 3.09 bits per heavy atom. The van der Waals surface area contributed by atoms with E-state index in [-0.39, 0.29) is 12.1 Å². The molecule has 1 aromatic carbocycles. The van der Waals surface area contributed by atoms with Crippen LogP contribution < -0.4 is 10.1 Å². The molecule has 1 aromatic rings. The highest BCUT2D eigenvalue weighted by atomic mass is 16.5. The second kappa shape index (κ2) is 6.30. The molecule has 0 saturated heterocycles. The summed E-state index contributed by atoms with van der Waals surface area (Å²) in [6.07, 6.45) is 10.9. The smallest absolute Gasteiger partial charge is 0.255 e. The highest BCUT2D eigenvalue weighted by Gasteiger charge is 2.26. The van der Waals surface area contributed by atoms with E-state index < -0.39 is 0 Å². The number of benzene rings is 1. The summed E-state index contributed by atoms with van der Waals surface area (Å²) >= 11 is 0. The normalized spacial score (nSPS) is 19.2. The highest BCUT2D eigenvalue weighted by Crippen LogP contribution is 2.25. The molecule has 5 nitrogen and oxygen atoms in total. The van der Waals surface area contributed by atoms with Crippen molar-refractivity contribution in [3.8, 4) is 5.75 Å². The summed E-state index contributed by atoms with van der Waals surface area (Å²) in [6.45, 7) is 0.723. The predicted molar refractivity (Wildman–Crippen MR) is 87.0 cm³/mol. The van der Waals surface area contributed by atoms with E-state index in [2.05, 4.69) is 10.3 Å². The summed E-state index contributed by atoms with van der Waals surface area (Å²) in [5.74, 6) is 0.447. The Hall–Kier alpha value is -2.82. The second-order valence-electron chi connectivity index (χ2n) is 4.91. The lowest BCUT2D eigenvalue weighted by Crippen LogP contribution is -2.36. The molecular formula is C17H17N3O2. The van der Waals surface area contributed by atoms with Gasteiger partial charge in [0.25, 0.3) is 5.91 Å². The molecule has 0 radical (unpaired) electrons.